The van der Waals surface area contributed by atoms with E-state index in [1.54, 1.807) is 27.7 Å². The number of hydrogen-bond acceptors (Lipinski definition) is 9. The highest BCUT2D eigenvalue weighted by atomic mass is 32.2. The Kier molecular flexibility index (Phi) is 7.05. The summed E-state index contributed by atoms with van der Waals surface area (Å²) >= 11 is 2.72. The summed E-state index contributed by atoms with van der Waals surface area (Å²) in [4.78, 5) is 45.4. The van der Waals surface area contributed by atoms with Crippen molar-refractivity contribution in [2.75, 3.05) is 12.8 Å². The van der Waals surface area contributed by atoms with Crippen molar-refractivity contribution in [3.63, 3.8) is 0 Å². The molecule has 1 N–H and O–H groups in total. The fourth-order valence-corrected chi connectivity index (χ4v) is 3.79. The first-order valence-corrected chi connectivity index (χ1v) is 10.6. The molecule has 2 aromatic heterocycles. The van der Waals surface area contributed by atoms with Gasteiger partial charge in [-0.25, -0.2) is 14.8 Å². The van der Waals surface area contributed by atoms with Crippen molar-refractivity contribution >= 4 is 45.5 Å². The number of thioether (sulfide) groups is 1. The third-order valence-electron chi connectivity index (χ3n) is 3.48. The number of esters is 1. The largest absolute Gasteiger partial charge is 0.458 e. The van der Waals surface area contributed by atoms with Crippen molar-refractivity contribution in [1.29, 1.82) is 0 Å². The topological polar surface area (TPSA) is 112 Å². The molecule has 2 rings (SSSR count). The number of alkyl carbamates (subject to hydrolysis) is 1. The van der Waals surface area contributed by atoms with E-state index in [1.165, 1.54) is 34.6 Å². The van der Waals surface area contributed by atoms with E-state index in [0.717, 1.165) is 4.34 Å². The number of thiazole rings is 1. The Morgan fingerprint density at radius 3 is 2.57 bits per heavy atom. The third kappa shape index (κ3) is 5.68. The third-order valence-corrected chi connectivity index (χ3v) is 5.41. The van der Waals surface area contributed by atoms with Crippen LogP contribution < -0.4 is 10.9 Å². The van der Waals surface area contributed by atoms with Crippen LogP contribution in [0.15, 0.2) is 9.13 Å². The molecule has 0 spiro atoms. The Balaban J connectivity index is 2.34. The van der Waals surface area contributed by atoms with Crippen LogP contribution >= 0.6 is 23.1 Å². The highest BCUT2D eigenvalue weighted by molar-refractivity contribution is 8.00. The van der Waals surface area contributed by atoms with Crippen LogP contribution in [-0.4, -0.2) is 45.0 Å². The normalized spacial score (nSPS) is 12.6. The number of ether oxygens (including phenoxy) is 2. The van der Waals surface area contributed by atoms with Crippen molar-refractivity contribution in [3.05, 3.63) is 16.2 Å². The van der Waals surface area contributed by atoms with Crippen LogP contribution in [0.5, 0.6) is 0 Å². The Labute approximate surface area is 170 Å². The molecule has 1 atom stereocenters. The molecule has 0 aromatic carbocycles. The van der Waals surface area contributed by atoms with Gasteiger partial charge in [-0.1, -0.05) is 23.1 Å². The smallest absolute Gasteiger partial charge is 0.407 e. The average Bonchev–Trinajstić information content (AvgIpc) is 3.00. The molecule has 0 aliphatic heterocycles. The number of carbonyl (C=O) groups is 2. The highest BCUT2D eigenvalue weighted by Gasteiger charge is 2.21. The minimum Gasteiger partial charge on any atom is -0.458 e. The van der Waals surface area contributed by atoms with Crippen LogP contribution in [0.3, 0.4) is 0 Å². The second-order valence-electron chi connectivity index (χ2n) is 7.05. The molecule has 154 valence electrons. The first-order valence-electron chi connectivity index (χ1n) is 8.58. The van der Waals surface area contributed by atoms with E-state index in [1.807, 2.05) is 6.26 Å². The lowest BCUT2D eigenvalue weighted by molar-refractivity contribution is -0.142. The van der Waals surface area contributed by atoms with Crippen LogP contribution in [0.1, 0.15) is 46.5 Å². The number of carbonyl (C=O) groups excluding carboxylic acids is 2. The lowest BCUT2D eigenvalue weighted by atomic mass is 10.2. The zero-order chi connectivity index (χ0) is 21.1. The number of amides is 1. The average molecular weight is 429 g/mol. The Bertz CT molecular complexity index is 932. The molecule has 2 aromatic rings. The lowest BCUT2D eigenvalue weighted by Crippen LogP contribution is -2.38. The molecular weight excluding hydrogens is 404 g/mol. The summed E-state index contributed by atoms with van der Waals surface area (Å²) in [5.41, 5.74) is -0.716. The highest BCUT2D eigenvalue weighted by Crippen LogP contribution is 2.25. The SMILES string of the molecule is CSc1nc2c(=O)n(C(C)CNC(=O)OC(C)(C)C)c(COC(C)=O)nc2s1. The summed E-state index contributed by atoms with van der Waals surface area (Å²) in [5, 5.41) is 2.64. The molecule has 0 saturated heterocycles. The molecule has 2 heterocycles. The van der Waals surface area contributed by atoms with Gasteiger partial charge >= 0.3 is 12.1 Å². The van der Waals surface area contributed by atoms with Crippen molar-refractivity contribution in [2.24, 2.45) is 0 Å². The van der Waals surface area contributed by atoms with Gasteiger partial charge in [0.15, 0.2) is 20.5 Å². The summed E-state index contributed by atoms with van der Waals surface area (Å²) in [6.45, 7) is 8.32. The fourth-order valence-electron chi connectivity index (χ4n) is 2.36. The molecule has 28 heavy (non-hydrogen) atoms. The van der Waals surface area contributed by atoms with Gasteiger partial charge in [0.05, 0.1) is 6.04 Å². The van der Waals surface area contributed by atoms with E-state index in [4.69, 9.17) is 9.47 Å². The molecule has 1 unspecified atom stereocenters. The second-order valence-corrected chi connectivity index (χ2v) is 9.08. The Hall–Kier alpha value is -2.14. The molecule has 0 aliphatic rings. The molecule has 0 bridgehead atoms. The van der Waals surface area contributed by atoms with E-state index in [-0.39, 0.29) is 24.2 Å². The van der Waals surface area contributed by atoms with Gasteiger partial charge in [-0.3, -0.25) is 14.2 Å². The molecule has 11 heteroatoms. The molecular formula is C17H24N4O5S2. The number of aromatic nitrogens is 3. The van der Waals surface area contributed by atoms with Gasteiger partial charge in [-0.05, 0) is 34.0 Å². The van der Waals surface area contributed by atoms with Gasteiger partial charge in [0.1, 0.15) is 12.2 Å². The predicted molar refractivity (Wildman–Crippen MR) is 108 cm³/mol. The van der Waals surface area contributed by atoms with Crippen LogP contribution in [0.25, 0.3) is 10.3 Å². The molecule has 0 saturated carbocycles. The minimum atomic E-state index is -0.625. The quantitative estimate of drug-likeness (QED) is 0.552. The van der Waals surface area contributed by atoms with Crippen molar-refractivity contribution in [1.82, 2.24) is 19.9 Å². The molecule has 0 fully saturated rings. The fraction of sp³-hybridized carbons (Fsp3) is 0.588. The Morgan fingerprint density at radius 2 is 2.00 bits per heavy atom. The summed E-state index contributed by atoms with van der Waals surface area (Å²) in [6, 6.07) is -0.457. The van der Waals surface area contributed by atoms with Crippen LogP contribution in [0, 0.1) is 0 Å². The molecule has 9 nitrogen and oxygen atoms in total. The van der Waals surface area contributed by atoms with Gasteiger partial charge < -0.3 is 14.8 Å². The zero-order valence-electron chi connectivity index (χ0n) is 16.7. The molecule has 1 amide bonds. The van der Waals surface area contributed by atoms with E-state index in [9.17, 15) is 14.4 Å². The number of hydrogen-bond donors (Lipinski definition) is 1. The van der Waals surface area contributed by atoms with Crippen molar-refractivity contribution in [3.8, 4) is 0 Å². The summed E-state index contributed by atoms with van der Waals surface area (Å²) in [5.74, 6) is -0.183. The summed E-state index contributed by atoms with van der Waals surface area (Å²) in [7, 11) is 0. The van der Waals surface area contributed by atoms with E-state index in [0.29, 0.717) is 10.7 Å². The summed E-state index contributed by atoms with van der Waals surface area (Å²) in [6.07, 6.45) is 1.28. The van der Waals surface area contributed by atoms with Gasteiger partial charge in [0, 0.05) is 13.5 Å². The first-order chi connectivity index (χ1) is 13.0. The minimum absolute atomic E-state index is 0.134. The van der Waals surface area contributed by atoms with E-state index >= 15 is 0 Å². The maximum Gasteiger partial charge on any atom is 0.407 e. The number of rotatable bonds is 6. The van der Waals surface area contributed by atoms with E-state index in [2.05, 4.69) is 15.3 Å². The standard InChI is InChI=1S/C17H24N4O5S2/c1-9(7-18-15(24)26-17(3,4)5)21-11(8-25-10(2)22)19-13-12(14(21)23)20-16(27-6)28-13/h9H,7-8H2,1-6H3,(H,18,24). The van der Waals surface area contributed by atoms with Crippen LogP contribution in [0.4, 0.5) is 4.79 Å². The maximum absolute atomic E-state index is 13.0. The monoisotopic (exact) mass is 428 g/mol. The van der Waals surface area contributed by atoms with E-state index < -0.39 is 23.7 Å². The van der Waals surface area contributed by atoms with Crippen LogP contribution in [0.2, 0.25) is 0 Å². The predicted octanol–water partition coefficient (Wildman–Crippen LogP) is 2.72. The van der Waals surface area contributed by atoms with Crippen molar-refractivity contribution < 1.29 is 19.1 Å². The molecule has 0 aliphatic carbocycles. The number of nitrogens with zero attached hydrogens (tertiary/aromatic N) is 3. The number of nitrogens with one attached hydrogen (secondary N) is 1. The van der Waals surface area contributed by atoms with Crippen molar-refractivity contribution in [2.45, 2.75) is 57.2 Å². The maximum atomic E-state index is 13.0. The summed E-state index contributed by atoms with van der Waals surface area (Å²) < 4.78 is 12.4. The van der Waals surface area contributed by atoms with Crippen LogP contribution in [-0.2, 0) is 20.9 Å². The van der Waals surface area contributed by atoms with Gasteiger partial charge in [-0.15, -0.1) is 0 Å². The Morgan fingerprint density at radius 1 is 1.32 bits per heavy atom. The van der Waals surface area contributed by atoms with Gasteiger partial charge in [0.2, 0.25) is 0 Å². The zero-order valence-corrected chi connectivity index (χ0v) is 18.3. The first kappa shape index (κ1) is 22.2. The van der Waals surface area contributed by atoms with Gasteiger partial charge in [-0.2, -0.15) is 0 Å². The lowest BCUT2D eigenvalue weighted by Gasteiger charge is -2.22. The van der Waals surface area contributed by atoms with Gasteiger partial charge in [0.25, 0.3) is 5.56 Å². The second kappa shape index (κ2) is 8.91. The number of fused-ring (bicyclic) bond motifs is 1. The molecule has 0 radical (unpaired) electrons.